The molecule has 0 bridgehead atoms. The first-order valence-electron chi connectivity index (χ1n) is 9.68. The summed E-state index contributed by atoms with van der Waals surface area (Å²) < 4.78 is 10.4. The zero-order valence-corrected chi connectivity index (χ0v) is 15.9. The number of hydrogen-bond donors (Lipinski definition) is 1. The molecule has 150 valence electrons. The molecule has 1 aromatic carbocycles. The van der Waals surface area contributed by atoms with Gasteiger partial charge in [-0.25, -0.2) is 0 Å². The van der Waals surface area contributed by atoms with Gasteiger partial charge in [-0.05, 0) is 37.0 Å². The molecular weight excluding hydrogens is 372 g/mol. The number of benzene rings is 1. The van der Waals surface area contributed by atoms with E-state index < -0.39 is 6.04 Å². The Balaban J connectivity index is 1.35. The van der Waals surface area contributed by atoms with Crippen LogP contribution in [0.15, 0.2) is 57.7 Å². The third-order valence-electron chi connectivity index (χ3n) is 4.93. The number of hydrogen-bond acceptors (Lipinski definition) is 6. The summed E-state index contributed by atoms with van der Waals surface area (Å²) in [6.07, 6.45) is 4.38. The largest absolute Gasteiger partial charge is 0.459 e. The van der Waals surface area contributed by atoms with Crippen molar-refractivity contribution in [1.29, 1.82) is 0 Å². The first kappa shape index (κ1) is 18.9. The van der Waals surface area contributed by atoms with Crippen LogP contribution in [0.1, 0.15) is 47.1 Å². The van der Waals surface area contributed by atoms with E-state index in [0.29, 0.717) is 31.1 Å². The highest BCUT2D eigenvalue weighted by Gasteiger charge is 2.33. The normalized spacial score (nSPS) is 16.6. The average Bonchev–Trinajstić information content (AvgIpc) is 3.45. The highest BCUT2D eigenvalue weighted by molar-refractivity contribution is 5.95. The first-order valence-corrected chi connectivity index (χ1v) is 9.68. The van der Waals surface area contributed by atoms with Crippen LogP contribution in [0, 0.1) is 0 Å². The van der Waals surface area contributed by atoms with E-state index in [9.17, 15) is 9.59 Å². The van der Waals surface area contributed by atoms with Gasteiger partial charge in [0.2, 0.25) is 11.8 Å². The fourth-order valence-corrected chi connectivity index (χ4v) is 3.48. The van der Waals surface area contributed by atoms with Crippen molar-refractivity contribution in [2.24, 2.45) is 0 Å². The molecule has 1 saturated heterocycles. The number of furan rings is 1. The van der Waals surface area contributed by atoms with Gasteiger partial charge in [0.15, 0.2) is 11.6 Å². The molecule has 0 radical (unpaired) electrons. The van der Waals surface area contributed by atoms with E-state index in [0.717, 1.165) is 18.4 Å². The Morgan fingerprint density at radius 1 is 1.14 bits per heavy atom. The van der Waals surface area contributed by atoms with E-state index in [4.69, 9.17) is 8.94 Å². The summed E-state index contributed by atoms with van der Waals surface area (Å²) in [7, 11) is 0. The minimum Gasteiger partial charge on any atom is -0.459 e. The number of nitrogens with zero attached hydrogens (tertiary/aromatic N) is 3. The van der Waals surface area contributed by atoms with Crippen LogP contribution in [0.3, 0.4) is 0 Å². The standard InChI is InChI=1S/C21H22N4O4/c26-20(16-9-4-5-11-25(16)21(27)17-10-6-12-28-17)22-14-19-23-18(24-29-19)13-15-7-2-1-3-8-15/h1-3,6-8,10,12,16H,4-5,9,11,13-14H2,(H,22,26). The van der Waals surface area contributed by atoms with Crippen LogP contribution >= 0.6 is 0 Å². The van der Waals surface area contributed by atoms with Gasteiger partial charge in [-0.3, -0.25) is 9.59 Å². The number of likely N-dealkylation sites (tertiary alicyclic amines) is 1. The van der Waals surface area contributed by atoms with Gasteiger partial charge in [0.05, 0.1) is 12.8 Å². The van der Waals surface area contributed by atoms with Gasteiger partial charge in [0.25, 0.3) is 5.91 Å². The lowest BCUT2D eigenvalue weighted by atomic mass is 10.0. The van der Waals surface area contributed by atoms with Gasteiger partial charge in [-0.1, -0.05) is 35.5 Å². The van der Waals surface area contributed by atoms with E-state index in [1.807, 2.05) is 30.3 Å². The van der Waals surface area contributed by atoms with E-state index in [1.54, 1.807) is 17.0 Å². The molecule has 3 aromatic rings. The van der Waals surface area contributed by atoms with Gasteiger partial charge in [-0.2, -0.15) is 4.98 Å². The summed E-state index contributed by atoms with van der Waals surface area (Å²) in [5.74, 6) is 0.647. The average molecular weight is 394 g/mol. The third kappa shape index (κ3) is 4.53. The van der Waals surface area contributed by atoms with Crippen molar-refractivity contribution in [1.82, 2.24) is 20.4 Å². The predicted molar refractivity (Wildman–Crippen MR) is 103 cm³/mol. The molecule has 2 aromatic heterocycles. The Kier molecular flexibility index (Phi) is 5.69. The third-order valence-corrected chi connectivity index (χ3v) is 4.93. The second kappa shape index (κ2) is 8.72. The maximum Gasteiger partial charge on any atom is 0.290 e. The van der Waals surface area contributed by atoms with Crippen LogP contribution in [0.5, 0.6) is 0 Å². The fraction of sp³-hybridized carbons (Fsp3) is 0.333. The molecule has 29 heavy (non-hydrogen) atoms. The zero-order valence-electron chi connectivity index (χ0n) is 15.9. The molecule has 2 amide bonds. The van der Waals surface area contributed by atoms with Crippen molar-refractivity contribution >= 4 is 11.8 Å². The molecule has 1 unspecified atom stereocenters. The topological polar surface area (TPSA) is 101 Å². The van der Waals surface area contributed by atoms with E-state index in [-0.39, 0.29) is 24.1 Å². The van der Waals surface area contributed by atoms with Crippen molar-refractivity contribution in [3.05, 3.63) is 71.8 Å². The molecule has 3 heterocycles. The second-order valence-electron chi connectivity index (χ2n) is 6.97. The molecule has 0 aliphatic carbocycles. The highest BCUT2D eigenvalue weighted by Crippen LogP contribution is 2.20. The summed E-state index contributed by atoms with van der Waals surface area (Å²) in [6, 6.07) is 12.6. The maximum atomic E-state index is 12.7. The Morgan fingerprint density at radius 2 is 2.00 bits per heavy atom. The lowest BCUT2D eigenvalue weighted by Gasteiger charge is -2.34. The van der Waals surface area contributed by atoms with Crippen LogP contribution < -0.4 is 5.32 Å². The number of amides is 2. The molecular formula is C21H22N4O4. The smallest absolute Gasteiger partial charge is 0.290 e. The summed E-state index contributed by atoms with van der Waals surface area (Å²) in [6.45, 7) is 0.652. The number of carbonyl (C=O) groups is 2. The SMILES string of the molecule is O=C(NCc1nc(Cc2ccccc2)no1)C1CCCCN1C(=O)c1ccco1. The van der Waals surface area contributed by atoms with Gasteiger partial charge in [0, 0.05) is 13.0 Å². The van der Waals surface area contributed by atoms with E-state index in [1.165, 1.54) is 6.26 Å². The van der Waals surface area contributed by atoms with Crippen molar-refractivity contribution in [3.63, 3.8) is 0 Å². The van der Waals surface area contributed by atoms with Gasteiger partial charge < -0.3 is 19.2 Å². The molecule has 8 heteroatoms. The minimum atomic E-state index is -0.534. The molecule has 0 saturated carbocycles. The fourth-order valence-electron chi connectivity index (χ4n) is 3.48. The van der Waals surface area contributed by atoms with Crippen molar-refractivity contribution in [2.75, 3.05) is 6.54 Å². The minimum absolute atomic E-state index is 0.125. The van der Waals surface area contributed by atoms with Gasteiger partial charge in [-0.15, -0.1) is 0 Å². The van der Waals surface area contributed by atoms with Crippen LogP contribution in [-0.2, 0) is 17.8 Å². The Morgan fingerprint density at radius 3 is 2.79 bits per heavy atom. The number of aromatic nitrogens is 2. The predicted octanol–water partition coefficient (Wildman–Crippen LogP) is 2.56. The molecule has 1 atom stereocenters. The Bertz CT molecular complexity index is 952. The second-order valence-corrected chi connectivity index (χ2v) is 6.97. The Labute approximate surface area is 167 Å². The van der Waals surface area contributed by atoms with Crippen molar-refractivity contribution < 1.29 is 18.5 Å². The lowest BCUT2D eigenvalue weighted by molar-refractivity contribution is -0.127. The number of piperidine rings is 1. The quantitative estimate of drug-likeness (QED) is 0.689. The van der Waals surface area contributed by atoms with Crippen molar-refractivity contribution in [3.8, 4) is 0 Å². The number of nitrogens with one attached hydrogen (secondary N) is 1. The lowest BCUT2D eigenvalue weighted by Crippen LogP contribution is -2.51. The van der Waals surface area contributed by atoms with Gasteiger partial charge >= 0.3 is 0 Å². The van der Waals surface area contributed by atoms with Crippen LogP contribution in [-0.4, -0.2) is 39.4 Å². The van der Waals surface area contributed by atoms with Crippen molar-refractivity contribution in [2.45, 2.75) is 38.3 Å². The van der Waals surface area contributed by atoms with E-state index >= 15 is 0 Å². The zero-order chi connectivity index (χ0) is 20.1. The summed E-state index contributed by atoms with van der Waals surface area (Å²) in [5, 5.41) is 6.78. The highest BCUT2D eigenvalue weighted by atomic mass is 16.5. The molecule has 4 rings (SSSR count). The molecule has 0 spiro atoms. The van der Waals surface area contributed by atoms with Crippen LogP contribution in [0.25, 0.3) is 0 Å². The first-order chi connectivity index (χ1) is 14.2. The monoisotopic (exact) mass is 394 g/mol. The van der Waals surface area contributed by atoms with E-state index in [2.05, 4.69) is 15.5 Å². The summed E-state index contributed by atoms with van der Waals surface area (Å²) in [4.78, 5) is 31.3. The molecule has 1 aliphatic rings. The van der Waals surface area contributed by atoms with Crippen LogP contribution in [0.4, 0.5) is 0 Å². The molecule has 8 nitrogen and oxygen atoms in total. The van der Waals surface area contributed by atoms with Crippen LogP contribution in [0.2, 0.25) is 0 Å². The summed E-state index contributed by atoms with van der Waals surface area (Å²) in [5.41, 5.74) is 1.08. The van der Waals surface area contributed by atoms with Gasteiger partial charge in [0.1, 0.15) is 6.04 Å². The summed E-state index contributed by atoms with van der Waals surface area (Å²) >= 11 is 0. The number of carbonyl (C=O) groups excluding carboxylic acids is 2. The molecule has 1 fully saturated rings. The molecule has 1 N–H and O–H groups in total. The Hall–Kier alpha value is -3.42. The maximum absolute atomic E-state index is 12.7. The molecule has 1 aliphatic heterocycles. The number of rotatable bonds is 6.